The summed E-state index contributed by atoms with van der Waals surface area (Å²) in [5.41, 5.74) is 3.26. The zero-order valence-corrected chi connectivity index (χ0v) is 9.17. The van der Waals surface area contributed by atoms with Crippen molar-refractivity contribution in [3.05, 3.63) is 60.8 Å². The van der Waals surface area contributed by atoms with Gasteiger partial charge in [0.2, 0.25) is 0 Å². The third-order valence-electron chi connectivity index (χ3n) is 3.17. The summed E-state index contributed by atoms with van der Waals surface area (Å²) >= 11 is 0. The average Bonchev–Trinajstić information content (AvgIpc) is 2.73. The summed E-state index contributed by atoms with van der Waals surface area (Å²) in [5, 5.41) is 2.40. The molecular weight excluding hydrogens is 208 g/mol. The predicted molar refractivity (Wildman–Crippen MR) is 70.2 cm³/mol. The minimum Gasteiger partial charge on any atom is -0.301 e. The lowest BCUT2D eigenvalue weighted by Gasteiger charge is -2.00. The van der Waals surface area contributed by atoms with Crippen molar-refractivity contribution in [2.24, 2.45) is 0 Å². The van der Waals surface area contributed by atoms with Gasteiger partial charge in [0.15, 0.2) is 0 Å². The van der Waals surface area contributed by atoms with Gasteiger partial charge < -0.3 is 4.40 Å². The molecule has 4 rings (SSSR count). The van der Waals surface area contributed by atoms with Gasteiger partial charge >= 0.3 is 0 Å². The van der Waals surface area contributed by atoms with Crippen LogP contribution >= 0.6 is 0 Å². The maximum atomic E-state index is 4.68. The quantitative estimate of drug-likeness (QED) is 0.440. The molecule has 2 aromatic carbocycles. The Kier molecular flexibility index (Phi) is 1.59. The van der Waals surface area contributed by atoms with Crippen LogP contribution in [0.15, 0.2) is 60.8 Å². The lowest BCUT2D eigenvalue weighted by Crippen LogP contribution is -1.88. The first-order valence-electron chi connectivity index (χ1n) is 5.67. The third-order valence-corrected chi connectivity index (χ3v) is 3.17. The van der Waals surface area contributed by atoms with Gasteiger partial charge in [-0.05, 0) is 18.2 Å². The summed E-state index contributed by atoms with van der Waals surface area (Å²) in [5.74, 6) is 0. The van der Waals surface area contributed by atoms with E-state index < -0.39 is 0 Å². The molecule has 0 saturated heterocycles. The van der Waals surface area contributed by atoms with Crippen molar-refractivity contribution in [1.29, 1.82) is 0 Å². The fourth-order valence-electron chi connectivity index (χ4n) is 2.34. The lowest BCUT2D eigenvalue weighted by atomic mass is 10.2. The Morgan fingerprint density at radius 2 is 1.59 bits per heavy atom. The second-order valence-corrected chi connectivity index (χ2v) is 4.23. The predicted octanol–water partition coefficient (Wildman–Crippen LogP) is 3.64. The van der Waals surface area contributed by atoms with Crippen LogP contribution in [0.3, 0.4) is 0 Å². The highest BCUT2D eigenvalue weighted by Crippen LogP contribution is 2.21. The Bertz CT molecular complexity index is 837. The number of hydrogen-bond donors (Lipinski definition) is 0. The van der Waals surface area contributed by atoms with Crippen molar-refractivity contribution >= 4 is 27.5 Å². The van der Waals surface area contributed by atoms with Gasteiger partial charge in [0.1, 0.15) is 5.65 Å². The summed E-state index contributed by atoms with van der Waals surface area (Å²) in [4.78, 5) is 4.68. The van der Waals surface area contributed by atoms with Gasteiger partial charge in [-0.25, -0.2) is 4.98 Å². The van der Waals surface area contributed by atoms with Gasteiger partial charge in [0, 0.05) is 17.0 Å². The number of nitrogens with zero attached hydrogens (tertiary/aromatic N) is 2. The summed E-state index contributed by atoms with van der Waals surface area (Å²) in [6.07, 6.45) is 2.15. The molecule has 0 fully saturated rings. The molecular formula is C15H10N2. The number of rotatable bonds is 0. The van der Waals surface area contributed by atoms with E-state index in [2.05, 4.69) is 52.0 Å². The molecule has 2 aromatic heterocycles. The zero-order valence-electron chi connectivity index (χ0n) is 9.17. The lowest BCUT2D eigenvalue weighted by molar-refractivity contribution is 1.21. The van der Waals surface area contributed by atoms with Crippen molar-refractivity contribution in [2.75, 3.05) is 0 Å². The summed E-state index contributed by atoms with van der Waals surface area (Å²) in [6, 6.07) is 18.7. The van der Waals surface area contributed by atoms with Crippen molar-refractivity contribution in [3.8, 4) is 0 Å². The van der Waals surface area contributed by atoms with E-state index in [0.29, 0.717) is 0 Å². The van der Waals surface area contributed by atoms with Crippen LogP contribution < -0.4 is 0 Å². The summed E-state index contributed by atoms with van der Waals surface area (Å²) in [7, 11) is 0. The number of fused-ring (bicyclic) bond motifs is 4. The van der Waals surface area contributed by atoms with Crippen LogP contribution in [0.4, 0.5) is 0 Å². The molecule has 0 amide bonds. The van der Waals surface area contributed by atoms with Gasteiger partial charge in [-0.15, -0.1) is 0 Å². The SMILES string of the molecule is c1ccc2nc3cc4ccccc4n3cc2c1. The molecule has 0 spiro atoms. The fourth-order valence-corrected chi connectivity index (χ4v) is 2.34. The summed E-state index contributed by atoms with van der Waals surface area (Å²) in [6.45, 7) is 0. The van der Waals surface area contributed by atoms with E-state index in [9.17, 15) is 0 Å². The van der Waals surface area contributed by atoms with Crippen LogP contribution in [0.1, 0.15) is 0 Å². The highest BCUT2D eigenvalue weighted by molar-refractivity contribution is 5.89. The van der Waals surface area contributed by atoms with E-state index in [1.165, 1.54) is 16.3 Å². The minimum absolute atomic E-state index is 1.00. The largest absolute Gasteiger partial charge is 0.301 e. The van der Waals surface area contributed by atoms with Crippen LogP contribution in [-0.2, 0) is 0 Å². The molecule has 2 nitrogen and oxygen atoms in total. The van der Waals surface area contributed by atoms with Gasteiger partial charge in [0.05, 0.1) is 11.0 Å². The van der Waals surface area contributed by atoms with E-state index in [4.69, 9.17) is 0 Å². The van der Waals surface area contributed by atoms with Gasteiger partial charge in [-0.2, -0.15) is 0 Å². The Morgan fingerprint density at radius 3 is 2.53 bits per heavy atom. The van der Waals surface area contributed by atoms with Gasteiger partial charge in [-0.3, -0.25) is 0 Å². The van der Waals surface area contributed by atoms with E-state index in [-0.39, 0.29) is 0 Å². The molecule has 4 aromatic rings. The van der Waals surface area contributed by atoms with E-state index >= 15 is 0 Å². The van der Waals surface area contributed by atoms with E-state index in [0.717, 1.165) is 11.2 Å². The molecule has 2 heteroatoms. The first kappa shape index (κ1) is 8.76. The Hall–Kier alpha value is -2.35. The zero-order chi connectivity index (χ0) is 11.2. The van der Waals surface area contributed by atoms with Crippen molar-refractivity contribution < 1.29 is 0 Å². The smallest absolute Gasteiger partial charge is 0.138 e. The molecule has 2 heterocycles. The van der Waals surface area contributed by atoms with Crippen molar-refractivity contribution in [1.82, 2.24) is 9.38 Å². The maximum Gasteiger partial charge on any atom is 0.138 e. The van der Waals surface area contributed by atoms with Crippen LogP contribution in [0, 0.1) is 0 Å². The molecule has 0 aliphatic rings. The standard InChI is InChI=1S/C15H10N2/c1-3-7-13-12(6-1)10-17-14-8-4-2-5-11(14)9-15(17)16-13/h1-10H. The maximum absolute atomic E-state index is 4.68. The Morgan fingerprint density at radius 1 is 0.824 bits per heavy atom. The monoisotopic (exact) mass is 218 g/mol. The number of aromatic nitrogens is 2. The molecule has 17 heavy (non-hydrogen) atoms. The Labute approximate surface area is 98.1 Å². The van der Waals surface area contributed by atoms with Gasteiger partial charge in [0.25, 0.3) is 0 Å². The average molecular weight is 218 g/mol. The molecule has 0 aliphatic heterocycles. The Balaban J connectivity index is 2.28. The van der Waals surface area contributed by atoms with E-state index in [1.54, 1.807) is 0 Å². The van der Waals surface area contributed by atoms with Crippen LogP contribution in [0.25, 0.3) is 27.5 Å². The molecule has 80 valence electrons. The second-order valence-electron chi connectivity index (χ2n) is 4.23. The molecule has 0 saturated carbocycles. The van der Waals surface area contributed by atoms with Crippen LogP contribution in [0.2, 0.25) is 0 Å². The topological polar surface area (TPSA) is 17.3 Å². The van der Waals surface area contributed by atoms with Crippen LogP contribution in [-0.4, -0.2) is 9.38 Å². The molecule has 0 bridgehead atoms. The van der Waals surface area contributed by atoms with E-state index in [1.807, 2.05) is 18.2 Å². The van der Waals surface area contributed by atoms with Crippen LogP contribution in [0.5, 0.6) is 0 Å². The fraction of sp³-hybridized carbons (Fsp3) is 0. The summed E-state index contributed by atoms with van der Waals surface area (Å²) < 4.78 is 2.15. The number of hydrogen-bond acceptors (Lipinski definition) is 1. The molecule has 0 unspecified atom stereocenters. The molecule has 0 aliphatic carbocycles. The number of para-hydroxylation sites is 2. The second kappa shape index (κ2) is 3.08. The first-order chi connectivity index (χ1) is 8.42. The highest BCUT2D eigenvalue weighted by Gasteiger charge is 2.03. The molecule has 0 N–H and O–H groups in total. The third kappa shape index (κ3) is 1.18. The molecule has 0 radical (unpaired) electrons. The van der Waals surface area contributed by atoms with Gasteiger partial charge in [-0.1, -0.05) is 36.4 Å². The molecule has 0 atom stereocenters. The van der Waals surface area contributed by atoms with Crippen molar-refractivity contribution in [3.63, 3.8) is 0 Å². The highest BCUT2D eigenvalue weighted by atomic mass is 15.0. The van der Waals surface area contributed by atoms with Crippen molar-refractivity contribution in [2.45, 2.75) is 0 Å². The minimum atomic E-state index is 1.00. The first-order valence-corrected chi connectivity index (χ1v) is 5.67. The number of benzene rings is 2. The normalized spacial score (nSPS) is 11.5.